The van der Waals surface area contributed by atoms with Crippen molar-refractivity contribution < 1.29 is 4.42 Å². The Morgan fingerprint density at radius 2 is 0.911 bits per heavy atom. The lowest BCUT2D eigenvalue weighted by Crippen LogP contribution is -2.01. The van der Waals surface area contributed by atoms with Crippen molar-refractivity contribution in [3.63, 3.8) is 0 Å². The Labute approximate surface area is 322 Å². The van der Waals surface area contributed by atoms with Crippen molar-refractivity contribution in [1.29, 1.82) is 0 Å². The molecule has 0 unspecified atom stereocenters. The fraction of sp³-hybridized carbons (Fsp3) is 0. The van der Waals surface area contributed by atoms with Gasteiger partial charge in [0.2, 0.25) is 0 Å². The first-order valence-electron chi connectivity index (χ1n) is 18.8. The molecule has 0 amide bonds. The van der Waals surface area contributed by atoms with Crippen molar-refractivity contribution >= 4 is 43.7 Å². The van der Waals surface area contributed by atoms with E-state index < -0.39 is 0 Å². The third kappa shape index (κ3) is 5.37. The minimum Gasteiger partial charge on any atom is -0.455 e. The maximum Gasteiger partial charge on any atom is 0.164 e. The molecule has 0 bridgehead atoms. The second kappa shape index (κ2) is 13.0. The fourth-order valence-corrected chi connectivity index (χ4v) is 8.00. The predicted octanol–water partition coefficient (Wildman–Crippen LogP) is 13.2. The zero-order valence-electron chi connectivity index (χ0n) is 30.2. The van der Waals surface area contributed by atoms with Gasteiger partial charge in [-0.15, -0.1) is 0 Å². The molecule has 11 rings (SSSR count). The van der Waals surface area contributed by atoms with E-state index in [1.807, 2.05) is 48.5 Å². The summed E-state index contributed by atoms with van der Waals surface area (Å²) < 4.78 is 8.78. The molecule has 0 atom stereocenters. The quantitative estimate of drug-likeness (QED) is 0.172. The summed E-state index contributed by atoms with van der Waals surface area (Å²) in [5, 5.41) is 4.60. The van der Waals surface area contributed by atoms with E-state index in [9.17, 15) is 0 Å². The van der Waals surface area contributed by atoms with Gasteiger partial charge in [0, 0.05) is 49.5 Å². The zero-order valence-corrected chi connectivity index (χ0v) is 30.2. The van der Waals surface area contributed by atoms with E-state index in [1.165, 1.54) is 10.8 Å². The number of aromatic nitrogens is 4. The van der Waals surface area contributed by atoms with Crippen LogP contribution in [0.5, 0.6) is 0 Å². The lowest BCUT2D eigenvalue weighted by Gasteiger charge is -2.12. The van der Waals surface area contributed by atoms with Crippen molar-refractivity contribution in [3.05, 3.63) is 194 Å². The topological polar surface area (TPSA) is 56.7 Å². The Hall–Kier alpha value is -7.63. The van der Waals surface area contributed by atoms with E-state index in [0.29, 0.717) is 17.5 Å². The van der Waals surface area contributed by atoms with Gasteiger partial charge >= 0.3 is 0 Å². The van der Waals surface area contributed by atoms with Crippen LogP contribution in [0.1, 0.15) is 0 Å². The standard InChI is InChI=1S/C51H32N4O/c1-3-14-33(15-4-1)35-18-11-19-37(30-35)50-52-49(34-16-5-2-6-17-34)53-51(54-50)38-20-12-21-39(31-38)55-45-26-9-7-22-41(45)44-32-36(28-29-46(44)55)40-24-13-25-43-42-23-8-10-27-47(42)56-48(40)43/h1-32H. The van der Waals surface area contributed by atoms with Gasteiger partial charge in [-0.25, -0.2) is 15.0 Å². The Bertz CT molecular complexity index is 3250. The van der Waals surface area contributed by atoms with E-state index >= 15 is 0 Å². The minimum absolute atomic E-state index is 0.614. The molecule has 3 aromatic heterocycles. The van der Waals surface area contributed by atoms with Crippen molar-refractivity contribution in [2.75, 3.05) is 0 Å². The van der Waals surface area contributed by atoms with Gasteiger partial charge in [0.05, 0.1) is 11.0 Å². The molecule has 0 radical (unpaired) electrons. The molecular formula is C51H32N4O. The molecule has 5 heteroatoms. The predicted molar refractivity (Wildman–Crippen MR) is 229 cm³/mol. The van der Waals surface area contributed by atoms with Gasteiger partial charge in [-0.3, -0.25) is 0 Å². The van der Waals surface area contributed by atoms with E-state index in [0.717, 1.165) is 77.6 Å². The number of hydrogen-bond acceptors (Lipinski definition) is 4. The summed E-state index contributed by atoms with van der Waals surface area (Å²) in [5.74, 6) is 1.87. The summed E-state index contributed by atoms with van der Waals surface area (Å²) >= 11 is 0. The highest BCUT2D eigenvalue weighted by molar-refractivity contribution is 6.13. The number of furan rings is 1. The average Bonchev–Trinajstić information content (AvgIpc) is 3.83. The van der Waals surface area contributed by atoms with Crippen LogP contribution in [0.2, 0.25) is 0 Å². The smallest absolute Gasteiger partial charge is 0.164 e. The normalized spacial score (nSPS) is 11.6. The number of nitrogens with zero attached hydrogens (tertiary/aromatic N) is 4. The molecule has 0 spiro atoms. The Morgan fingerprint density at radius 3 is 1.71 bits per heavy atom. The Balaban J connectivity index is 1.06. The molecule has 0 aliphatic heterocycles. The van der Waals surface area contributed by atoms with Crippen LogP contribution in [-0.2, 0) is 0 Å². The van der Waals surface area contributed by atoms with Crippen LogP contribution < -0.4 is 0 Å². The third-order valence-electron chi connectivity index (χ3n) is 10.6. The van der Waals surface area contributed by atoms with Gasteiger partial charge in [-0.05, 0) is 59.2 Å². The molecule has 5 nitrogen and oxygen atoms in total. The molecule has 0 aliphatic carbocycles. The van der Waals surface area contributed by atoms with E-state index in [4.69, 9.17) is 19.4 Å². The Kier molecular flexibility index (Phi) is 7.42. The van der Waals surface area contributed by atoms with Crippen LogP contribution in [0.15, 0.2) is 199 Å². The molecule has 0 saturated carbocycles. The highest BCUT2D eigenvalue weighted by Crippen LogP contribution is 2.40. The maximum absolute atomic E-state index is 6.44. The number of fused-ring (bicyclic) bond motifs is 6. The maximum atomic E-state index is 6.44. The van der Waals surface area contributed by atoms with E-state index in [-0.39, 0.29) is 0 Å². The van der Waals surface area contributed by atoms with Crippen molar-refractivity contribution in [3.8, 4) is 62.1 Å². The highest BCUT2D eigenvalue weighted by atomic mass is 16.3. The monoisotopic (exact) mass is 716 g/mol. The van der Waals surface area contributed by atoms with Gasteiger partial charge in [-0.1, -0.05) is 152 Å². The average molecular weight is 717 g/mol. The Morgan fingerprint density at radius 1 is 0.339 bits per heavy atom. The van der Waals surface area contributed by atoms with Gasteiger partial charge in [0.25, 0.3) is 0 Å². The first kappa shape index (κ1) is 31.9. The molecule has 3 heterocycles. The van der Waals surface area contributed by atoms with Crippen LogP contribution in [0, 0.1) is 0 Å². The minimum atomic E-state index is 0.614. The number of rotatable bonds is 6. The zero-order chi connectivity index (χ0) is 37.0. The lowest BCUT2D eigenvalue weighted by atomic mass is 10.0. The molecular weight excluding hydrogens is 685 g/mol. The van der Waals surface area contributed by atoms with Crippen LogP contribution in [-0.4, -0.2) is 19.5 Å². The lowest BCUT2D eigenvalue weighted by molar-refractivity contribution is 0.670. The molecule has 0 fully saturated rings. The summed E-state index contributed by atoms with van der Waals surface area (Å²) in [7, 11) is 0. The molecule has 262 valence electrons. The number of hydrogen-bond donors (Lipinski definition) is 0. The highest BCUT2D eigenvalue weighted by Gasteiger charge is 2.18. The molecule has 0 saturated heterocycles. The molecule has 0 aliphatic rings. The second-order valence-electron chi connectivity index (χ2n) is 14.0. The second-order valence-corrected chi connectivity index (χ2v) is 14.0. The number of para-hydroxylation sites is 3. The van der Waals surface area contributed by atoms with Gasteiger partial charge < -0.3 is 8.98 Å². The van der Waals surface area contributed by atoms with Crippen LogP contribution in [0.3, 0.4) is 0 Å². The van der Waals surface area contributed by atoms with Crippen molar-refractivity contribution in [1.82, 2.24) is 19.5 Å². The van der Waals surface area contributed by atoms with Gasteiger partial charge in [-0.2, -0.15) is 0 Å². The summed E-state index contributed by atoms with van der Waals surface area (Å²) in [6, 6.07) is 67.4. The summed E-state index contributed by atoms with van der Waals surface area (Å²) in [5.41, 5.74) is 12.3. The van der Waals surface area contributed by atoms with Gasteiger partial charge in [0.1, 0.15) is 11.2 Å². The molecule has 56 heavy (non-hydrogen) atoms. The van der Waals surface area contributed by atoms with Crippen molar-refractivity contribution in [2.24, 2.45) is 0 Å². The molecule has 8 aromatic carbocycles. The molecule has 11 aromatic rings. The first-order chi connectivity index (χ1) is 27.7. The third-order valence-corrected chi connectivity index (χ3v) is 10.6. The summed E-state index contributed by atoms with van der Waals surface area (Å²) in [6.45, 7) is 0. The van der Waals surface area contributed by atoms with E-state index in [2.05, 4.69) is 150 Å². The molecule has 0 N–H and O–H groups in total. The first-order valence-corrected chi connectivity index (χ1v) is 18.8. The summed E-state index contributed by atoms with van der Waals surface area (Å²) in [6.07, 6.45) is 0. The number of benzene rings is 8. The van der Waals surface area contributed by atoms with Crippen LogP contribution in [0.4, 0.5) is 0 Å². The van der Waals surface area contributed by atoms with Crippen molar-refractivity contribution in [2.45, 2.75) is 0 Å². The van der Waals surface area contributed by atoms with Crippen LogP contribution >= 0.6 is 0 Å². The summed E-state index contributed by atoms with van der Waals surface area (Å²) in [4.78, 5) is 15.2. The fourth-order valence-electron chi connectivity index (χ4n) is 8.00. The van der Waals surface area contributed by atoms with E-state index in [1.54, 1.807) is 0 Å². The SMILES string of the molecule is c1ccc(-c2cccc(-c3nc(-c4ccccc4)nc(-c4cccc(-n5c6ccccc6c6cc(-c7cccc8c7oc7ccccc78)ccc65)c4)n3)c2)cc1. The van der Waals surface area contributed by atoms with Crippen LogP contribution in [0.25, 0.3) is 106 Å². The largest absolute Gasteiger partial charge is 0.455 e. The van der Waals surface area contributed by atoms with Gasteiger partial charge in [0.15, 0.2) is 17.5 Å².